The molecule has 23 heavy (non-hydrogen) atoms. The van der Waals surface area contributed by atoms with Crippen LogP contribution < -0.4 is 5.32 Å². The lowest BCUT2D eigenvalue weighted by Crippen LogP contribution is -2.31. The van der Waals surface area contributed by atoms with Gasteiger partial charge in [0.25, 0.3) is 0 Å². The fourth-order valence-electron chi connectivity index (χ4n) is 2.47. The van der Waals surface area contributed by atoms with Gasteiger partial charge in [0.05, 0.1) is 23.1 Å². The summed E-state index contributed by atoms with van der Waals surface area (Å²) in [6.07, 6.45) is 0. The Morgan fingerprint density at radius 2 is 2.26 bits per heavy atom. The number of rotatable bonds is 3. The number of amidine groups is 1. The molecular weight excluding hydrogens is 330 g/mol. The molecule has 1 N–H and O–H groups in total. The first kappa shape index (κ1) is 14.4. The summed E-state index contributed by atoms with van der Waals surface area (Å²) in [5.74, 6) is 1.54. The highest BCUT2D eigenvalue weighted by atomic mass is 32.2. The van der Waals surface area contributed by atoms with Gasteiger partial charge in [-0.1, -0.05) is 23.9 Å². The van der Waals surface area contributed by atoms with Gasteiger partial charge in [0.2, 0.25) is 5.91 Å². The molecule has 1 aliphatic heterocycles. The van der Waals surface area contributed by atoms with E-state index in [2.05, 4.69) is 20.3 Å². The Morgan fingerprint density at radius 1 is 1.35 bits per heavy atom. The Labute approximate surface area is 140 Å². The summed E-state index contributed by atoms with van der Waals surface area (Å²) >= 11 is 3.08. The number of hydrogen-bond donors (Lipinski definition) is 1. The molecule has 0 unspecified atom stereocenters. The normalized spacial score (nSPS) is 14.2. The van der Waals surface area contributed by atoms with Crippen molar-refractivity contribution in [3.05, 3.63) is 35.2 Å². The number of carbonyl (C=O) groups excluding carboxylic acids is 1. The van der Waals surface area contributed by atoms with E-state index in [4.69, 9.17) is 0 Å². The molecule has 3 heterocycles. The van der Waals surface area contributed by atoms with Gasteiger partial charge in [0, 0.05) is 11.1 Å². The molecule has 1 aromatic carbocycles. The number of imidazole rings is 1. The average Bonchev–Trinajstić information content (AvgIpc) is 3.28. The van der Waals surface area contributed by atoms with E-state index in [1.807, 2.05) is 34.2 Å². The Balaban J connectivity index is 1.69. The Bertz CT molecular complexity index is 885. The topological polar surface area (TPSA) is 72.2 Å². The van der Waals surface area contributed by atoms with Gasteiger partial charge in [-0.05, 0) is 12.1 Å². The van der Waals surface area contributed by atoms with Crippen LogP contribution in [0, 0.1) is 0 Å². The average molecular weight is 343 g/mol. The second kappa shape index (κ2) is 6.13. The van der Waals surface area contributed by atoms with Gasteiger partial charge in [-0.2, -0.15) is 0 Å². The van der Waals surface area contributed by atoms with E-state index in [9.17, 15) is 4.79 Å². The number of nitrogens with one attached hydrogen (secondary N) is 1. The third-order valence-corrected chi connectivity index (χ3v) is 4.93. The number of para-hydroxylation sites is 2. The number of aliphatic imine (C=N–C) groups is 1. The second-order valence-electron chi connectivity index (χ2n) is 4.97. The third kappa shape index (κ3) is 2.87. The second-order valence-corrected chi connectivity index (χ2v) is 6.77. The number of thioether (sulfide) groups is 1. The van der Waals surface area contributed by atoms with Crippen molar-refractivity contribution in [2.45, 2.75) is 6.54 Å². The number of amides is 1. The lowest BCUT2D eigenvalue weighted by atomic mass is 10.3. The highest BCUT2D eigenvalue weighted by Crippen LogP contribution is 2.24. The first-order valence-corrected chi connectivity index (χ1v) is 9.05. The molecule has 0 aliphatic carbocycles. The molecule has 8 heteroatoms. The van der Waals surface area contributed by atoms with Crippen molar-refractivity contribution in [1.29, 1.82) is 0 Å². The number of aromatic nitrogens is 3. The van der Waals surface area contributed by atoms with E-state index in [1.165, 1.54) is 11.3 Å². The minimum absolute atomic E-state index is 0.0993. The monoisotopic (exact) mass is 343 g/mol. The SMILES string of the molecule is O=C(Cn1c(-c2cscn2)nc2ccccc21)NC1=NCCS1. The van der Waals surface area contributed by atoms with Crippen LogP contribution in [0.2, 0.25) is 0 Å². The molecule has 116 valence electrons. The number of carbonyl (C=O) groups is 1. The lowest BCUT2D eigenvalue weighted by molar-refractivity contribution is -0.120. The van der Waals surface area contributed by atoms with Gasteiger partial charge in [0.15, 0.2) is 11.0 Å². The third-order valence-electron chi connectivity index (χ3n) is 3.45. The molecular formula is C15H13N5OS2. The van der Waals surface area contributed by atoms with Crippen molar-refractivity contribution < 1.29 is 4.79 Å². The molecule has 0 bridgehead atoms. The number of hydrogen-bond acceptors (Lipinski definition) is 6. The van der Waals surface area contributed by atoms with Crippen molar-refractivity contribution in [3.8, 4) is 11.5 Å². The molecule has 0 saturated carbocycles. The highest BCUT2D eigenvalue weighted by Gasteiger charge is 2.17. The molecule has 1 aliphatic rings. The molecule has 6 nitrogen and oxygen atoms in total. The van der Waals surface area contributed by atoms with Crippen LogP contribution in [0.3, 0.4) is 0 Å². The highest BCUT2D eigenvalue weighted by molar-refractivity contribution is 8.14. The van der Waals surface area contributed by atoms with Crippen molar-refractivity contribution in [3.63, 3.8) is 0 Å². The predicted octanol–water partition coefficient (Wildman–Crippen LogP) is 2.38. The van der Waals surface area contributed by atoms with Crippen LogP contribution in [-0.4, -0.2) is 37.9 Å². The van der Waals surface area contributed by atoms with Crippen LogP contribution in [0.25, 0.3) is 22.6 Å². The summed E-state index contributed by atoms with van der Waals surface area (Å²) in [5.41, 5.74) is 4.33. The van der Waals surface area contributed by atoms with Crippen molar-refractivity contribution >= 4 is 45.2 Å². The van der Waals surface area contributed by atoms with Crippen LogP contribution in [0.5, 0.6) is 0 Å². The van der Waals surface area contributed by atoms with E-state index >= 15 is 0 Å². The lowest BCUT2D eigenvalue weighted by Gasteiger charge is -2.08. The minimum Gasteiger partial charge on any atom is -0.313 e. The molecule has 2 aromatic heterocycles. The van der Waals surface area contributed by atoms with Gasteiger partial charge in [-0.25, -0.2) is 9.97 Å². The van der Waals surface area contributed by atoms with Gasteiger partial charge >= 0.3 is 0 Å². The number of fused-ring (bicyclic) bond motifs is 1. The summed E-state index contributed by atoms with van der Waals surface area (Å²) in [4.78, 5) is 25.6. The van der Waals surface area contributed by atoms with Gasteiger partial charge in [0.1, 0.15) is 12.2 Å². The van der Waals surface area contributed by atoms with Crippen LogP contribution >= 0.6 is 23.1 Å². The smallest absolute Gasteiger partial charge is 0.245 e. The van der Waals surface area contributed by atoms with Crippen LogP contribution in [0.4, 0.5) is 0 Å². The van der Waals surface area contributed by atoms with E-state index in [-0.39, 0.29) is 12.5 Å². The molecule has 0 radical (unpaired) electrons. The molecule has 4 rings (SSSR count). The van der Waals surface area contributed by atoms with Gasteiger partial charge in [-0.15, -0.1) is 11.3 Å². The first-order valence-electron chi connectivity index (χ1n) is 7.12. The zero-order valence-electron chi connectivity index (χ0n) is 12.1. The van der Waals surface area contributed by atoms with E-state index in [0.29, 0.717) is 11.0 Å². The zero-order valence-corrected chi connectivity index (χ0v) is 13.7. The molecule has 3 aromatic rings. The Hall–Kier alpha value is -2.19. The molecule has 1 amide bonds. The largest absolute Gasteiger partial charge is 0.313 e. The molecule has 0 atom stereocenters. The number of thiazole rings is 1. The summed E-state index contributed by atoms with van der Waals surface area (Å²) < 4.78 is 1.90. The number of nitrogens with zero attached hydrogens (tertiary/aromatic N) is 4. The predicted molar refractivity (Wildman–Crippen MR) is 93.7 cm³/mol. The van der Waals surface area contributed by atoms with E-state index in [0.717, 1.165) is 29.0 Å². The first-order chi connectivity index (χ1) is 11.3. The number of benzene rings is 1. The van der Waals surface area contributed by atoms with E-state index < -0.39 is 0 Å². The fraction of sp³-hybridized carbons (Fsp3) is 0.200. The molecule has 0 spiro atoms. The zero-order chi connectivity index (χ0) is 15.6. The van der Waals surface area contributed by atoms with Crippen LogP contribution in [-0.2, 0) is 11.3 Å². The minimum atomic E-state index is -0.0993. The quantitative estimate of drug-likeness (QED) is 0.792. The van der Waals surface area contributed by atoms with Crippen molar-refractivity contribution in [2.24, 2.45) is 4.99 Å². The van der Waals surface area contributed by atoms with Crippen LogP contribution in [0.1, 0.15) is 0 Å². The summed E-state index contributed by atoms with van der Waals surface area (Å²) in [6.45, 7) is 0.950. The van der Waals surface area contributed by atoms with Crippen molar-refractivity contribution in [2.75, 3.05) is 12.3 Å². The molecule has 0 fully saturated rings. The Morgan fingerprint density at radius 3 is 3.04 bits per heavy atom. The summed E-state index contributed by atoms with van der Waals surface area (Å²) in [6, 6.07) is 7.79. The van der Waals surface area contributed by atoms with Crippen molar-refractivity contribution in [1.82, 2.24) is 19.9 Å². The van der Waals surface area contributed by atoms with Gasteiger partial charge < -0.3 is 9.88 Å². The maximum atomic E-state index is 12.4. The van der Waals surface area contributed by atoms with Gasteiger partial charge in [-0.3, -0.25) is 9.79 Å². The maximum absolute atomic E-state index is 12.4. The summed E-state index contributed by atoms with van der Waals surface area (Å²) in [7, 11) is 0. The molecule has 0 saturated heterocycles. The standard InChI is InChI=1S/C15H13N5OS2/c21-13(19-15-16-5-6-23-15)7-20-12-4-2-1-3-10(12)18-14(20)11-8-22-9-17-11/h1-4,8-9H,5-7H2,(H,16,19,21). The van der Waals surface area contributed by atoms with Crippen LogP contribution in [0.15, 0.2) is 40.1 Å². The maximum Gasteiger partial charge on any atom is 0.245 e. The fourth-order valence-corrected chi connectivity index (χ4v) is 3.74. The van der Waals surface area contributed by atoms with E-state index in [1.54, 1.807) is 17.3 Å². The Kier molecular flexibility index (Phi) is 3.84. The summed E-state index contributed by atoms with van der Waals surface area (Å²) in [5, 5.41) is 5.50.